The zero-order valence-corrected chi connectivity index (χ0v) is 25.7. The number of ether oxygens (including phenoxy) is 3. The molecule has 0 N–H and O–H groups in total. The van der Waals surface area contributed by atoms with Crippen LogP contribution in [0.25, 0.3) is 16.6 Å². The van der Waals surface area contributed by atoms with E-state index in [9.17, 15) is 9.59 Å². The Bertz CT molecular complexity index is 1570. The third kappa shape index (κ3) is 6.40. The van der Waals surface area contributed by atoms with Gasteiger partial charge in [-0.25, -0.2) is 4.98 Å². The van der Waals surface area contributed by atoms with Crippen LogP contribution in [0.15, 0.2) is 69.9 Å². The number of rotatable bonds is 12. The van der Waals surface area contributed by atoms with Crippen LogP contribution in [-0.4, -0.2) is 48.2 Å². The van der Waals surface area contributed by atoms with Crippen molar-refractivity contribution in [2.24, 2.45) is 0 Å². The fourth-order valence-corrected chi connectivity index (χ4v) is 5.44. The summed E-state index contributed by atoms with van der Waals surface area (Å²) in [5.74, 6) is 1.98. The molecule has 0 fully saturated rings. The van der Waals surface area contributed by atoms with Gasteiger partial charge in [0, 0.05) is 24.2 Å². The number of fused-ring (bicyclic) bond motifs is 1. The highest BCUT2D eigenvalue weighted by molar-refractivity contribution is 9.10. The van der Waals surface area contributed by atoms with Crippen LogP contribution in [0.5, 0.6) is 17.2 Å². The predicted octanol–water partition coefficient (Wildman–Crippen LogP) is 6.96. The van der Waals surface area contributed by atoms with Crippen molar-refractivity contribution in [1.82, 2.24) is 14.5 Å². The number of benzene rings is 3. The molecule has 9 heteroatoms. The van der Waals surface area contributed by atoms with Crippen molar-refractivity contribution in [2.75, 3.05) is 27.9 Å². The second-order valence-corrected chi connectivity index (χ2v) is 10.5. The highest BCUT2D eigenvalue weighted by atomic mass is 79.9. The van der Waals surface area contributed by atoms with E-state index >= 15 is 0 Å². The zero-order valence-electron chi connectivity index (χ0n) is 24.1. The monoisotopic (exact) mass is 621 g/mol. The van der Waals surface area contributed by atoms with Crippen LogP contribution >= 0.6 is 15.9 Å². The average molecular weight is 623 g/mol. The third-order valence-electron chi connectivity index (χ3n) is 7.18. The van der Waals surface area contributed by atoms with Gasteiger partial charge in [-0.3, -0.25) is 14.2 Å². The van der Waals surface area contributed by atoms with Crippen molar-refractivity contribution in [1.29, 1.82) is 0 Å². The topological polar surface area (TPSA) is 82.9 Å². The van der Waals surface area contributed by atoms with Gasteiger partial charge in [-0.05, 0) is 65.7 Å². The van der Waals surface area contributed by atoms with E-state index in [4.69, 9.17) is 19.2 Å². The van der Waals surface area contributed by atoms with Gasteiger partial charge in [-0.1, -0.05) is 38.3 Å². The molecule has 8 nitrogen and oxygen atoms in total. The molecule has 41 heavy (non-hydrogen) atoms. The number of unbranched alkanes of at least 4 members (excludes halogenated alkanes) is 3. The molecule has 1 heterocycles. The molecule has 216 valence electrons. The maximum Gasteiger partial charge on any atom is 0.266 e. The van der Waals surface area contributed by atoms with Crippen molar-refractivity contribution in [3.8, 4) is 22.9 Å². The van der Waals surface area contributed by atoms with Crippen molar-refractivity contribution in [3.05, 3.63) is 86.9 Å². The molecule has 4 aromatic rings. The number of amides is 1. The van der Waals surface area contributed by atoms with E-state index in [1.54, 1.807) is 73.3 Å². The maximum atomic E-state index is 14.1. The summed E-state index contributed by atoms with van der Waals surface area (Å²) in [4.78, 5) is 34.9. The number of methoxy groups -OCH3 is 3. The van der Waals surface area contributed by atoms with Crippen LogP contribution in [0.4, 0.5) is 0 Å². The summed E-state index contributed by atoms with van der Waals surface area (Å²) in [5, 5.41) is 0.466. The Morgan fingerprint density at radius 3 is 2.32 bits per heavy atom. The lowest BCUT2D eigenvalue weighted by Gasteiger charge is -2.31. The van der Waals surface area contributed by atoms with E-state index in [1.807, 2.05) is 25.1 Å². The maximum absolute atomic E-state index is 14.1. The number of nitrogens with zero attached hydrogens (tertiary/aromatic N) is 3. The van der Waals surface area contributed by atoms with Gasteiger partial charge in [0.1, 0.15) is 23.1 Å². The molecule has 4 rings (SSSR count). The Kier molecular flexibility index (Phi) is 10.0. The number of aromatic nitrogens is 2. The fourth-order valence-electron chi connectivity index (χ4n) is 4.87. The quantitative estimate of drug-likeness (QED) is 0.159. The standard InChI is InChI=1S/C32H36BrN3O5/c1-6-7-8-11-18-35(31(37)22-14-16-23(39-3)17-15-22)21(2)30-34-26-13-10-9-12-25(26)32(38)36(30)27-19-24(40-4)20-28(41-5)29(27)33/h9-10,12-17,19-21H,6-8,11,18H2,1-5H3. The van der Waals surface area contributed by atoms with Crippen LogP contribution in [0.1, 0.15) is 61.8 Å². The minimum atomic E-state index is -0.548. The number of para-hydroxylation sites is 1. The molecule has 0 aliphatic rings. The molecule has 1 amide bonds. The first-order chi connectivity index (χ1) is 19.8. The van der Waals surface area contributed by atoms with Crippen molar-refractivity contribution < 1.29 is 19.0 Å². The van der Waals surface area contributed by atoms with Crippen molar-refractivity contribution >= 4 is 32.7 Å². The summed E-state index contributed by atoms with van der Waals surface area (Å²) in [6, 6.07) is 17.3. The zero-order chi connectivity index (χ0) is 29.5. The van der Waals surface area contributed by atoms with Gasteiger partial charge in [0.25, 0.3) is 11.5 Å². The van der Waals surface area contributed by atoms with Crippen LogP contribution in [0, 0.1) is 0 Å². The Morgan fingerprint density at radius 2 is 1.66 bits per heavy atom. The molecular formula is C32H36BrN3O5. The van der Waals surface area contributed by atoms with E-state index in [0.717, 1.165) is 25.7 Å². The van der Waals surface area contributed by atoms with Crippen LogP contribution in [-0.2, 0) is 0 Å². The van der Waals surface area contributed by atoms with Crippen LogP contribution < -0.4 is 19.8 Å². The summed E-state index contributed by atoms with van der Waals surface area (Å²) < 4.78 is 18.5. The first-order valence-corrected chi connectivity index (χ1v) is 14.5. The first kappa shape index (κ1) is 30.1. The SMILES string of the molecule is CCCCCCN(C(=O)c1ccc(OC)cc1)C(C)c1nc2ccccc2c(=O)n1-c1cc(OC)cc(OC)c1Br. The van der Waals surface area contributed by atoms with Crippen molar-refractivity contribution in [2.45, 2.75) is 45.6 Å². The average Bonchev–Trinajstić information content (AvgIpc) is 3.01. The minimum Gasteiger partial charge on any atom is -0.497 e. The molecule has 0 aliphatic carbocycles. The van der Waals surface area contributed by atoms with E-state index in [1.165, 1.54) is 0 Å². The van der Waals surface area contributed by atoms with Gasteiger partial charge >= 0.3 is 0 Å². The largest absolute Gasteiger partial charge is 0.497 e. The van der Waals surface area contributed by atoms with E-state index in [2.05, 4.69) is 22.9 Å². The van der Waals surface area contributed by atoms with Gasteiger partial charge in [0.05, 0.1) is 48.4 Å². The Labute approximate surface area is 249 Å². The number of hydrogen-bond acceptors (Lipinski definition) is 6. The second-order valence-electron chi connectivity index (χ2n) is 9.75. The summed E-state index contributed by atoms with van der Waals surface area (Å²) in [7, 11) is 4.71. The molecule has 1 atom stereocenters. The van der Waals surface area contributed by atoms with Gasteiger partial charge in [-0.15, -0.1) is 0 Å². The lowest BCUT2D eigenvalue weighted by molar-refractivity contribution is 0.0677. The highest BCUT2D eigenvalue weighted by Crippen LogP contribution is 2.37. The number of carbonyl (C=O) groups is 1. The lowest BCUT2D eigenvalue weighted by atomic mass is 10.1. The minimum absolute atomic E-state index is 0.145. The number of halogens is 1. The Balaban J connectivity index is 1.92. The summed E-state index contributed by atoms with van der Waals surface area (Å²) in [6.07, 6.45) is 3.98. The van der Waals surface area contributed by atoms with E-state index in [0.29, 0.717) is 56.2 Å². The molecule has 0 saturated heterocycles. The molecule has 0 radical (unpaired) electrons. The molecule has 0 spiro atoms. The van der Waals surface area contributed by atoms with Crippen LogP contribution in [0.3, 0.4) is 0 Å². The van der Waals surface area contributed by atoms with Gasteiger partial charge in [0.15, 0.2) is 0 Å². The molecule has 3 aromatic carbocycles. The lowest BCUT2D eigenvalue weighted by Crippen LogP contribution is -2.38. The van der Waals surface area contributed by atoms with Gasteiger partial charge in [0.2, 0.25) is 0 Å². The number of hydrogen-bond donors (Lipinski definition) is 0. The molecular weight excluding hydrogens is 586 g/mol. The second kappa shape index (κ2) is 13.7. The molecule has 1 aromatic heterocycles. The number of carbonyl (C=O) groups excluding carboxylic acids is 1. The van der Waals surface area contributed by atoms with Gasteiger partial charge < -0.3 is 19.1 Å². The normalized spacial score (nSPS) is 11.8. The van der Waals surface area contributed by atoms with Crippen molar-refractivity contribution in [3.63, 3.8) is 0 Å². The fraction of sp³-hybridized carbons (Fsp3) is 0.344. The summed E-state index contributed by atoms with van der Waals surface area (Å²) in [6.45, 7) is 4.58. The third-order valence-corrected chi connectivity index (χ3v) is 7.98. The smallest absolute Gasteiger partial charge is 0.266 e. The molecule has 0 bridgehead atoms. The Morgan fingerprint density at radius 1 is 0.951 bits per heavy atom. The summed E-state index contributed by atoms with van der Waals surface area (Å²) in [5.41, 5.74) is 1.35. The molecule has 0 aliphatic heterocycles. The molecule has 0 saturated carbocycles. The van der Waals surface area contributed by atoms with Gasteiger partial charge in [-0.2, -0.15) is 0 Å². The first-order valence-electron chi connectivity index (χ1n) is 13.7. The molecule has 1 unspecified atom stereocenters. The predicted molar refractivity (Wildman–Crippen MR) is 165 cm³/mol. The summed E-state index contributed by atoms with van der Waals surface area (Å²) >= 11 is 3.64. The Hall–Kier alpha value is -3.85. The van der Waals surface area contributed by atoms with E-state index in [-0.39, 0.29) is 11.5 Å². The van der Waals surface area contributed by atoms with Crippen LogP contribution in [0.2, 0.25) is 0 Å². The van der Waals surface area contributed by atoms with E-state index < -0.39 is 6.04 Å². The highest BCUT2D eigenvalue weighted by Gasteiger charge is 2.29.